The number of nitrogens with zero attached hydrogens (tertiary/aromatic N) is 2. The van der Waals surface area contributed by atoms with Crippen molar-refractivity contribution in [2.45, 2.75) is 27.3 Å². The van der Waals surface area contributed by atoms with Gasteiger partial charge in [-0.1, -0.05) is 13.8 Å². The molecule has 4 nitrogen and oxygen atoms in total. The predicted octanol–water partition coefficient (Wildman–Crippen LogP) is 2.45. The average molecular weight is 257 g/mol. The quantitative estimate of drug-likeness (QED) is 0.824. The summed E-state index contributed by atoms with van der Waals surface area (Å²) in [5.74, 6) is -0.0843. The Morgan fingerprint density at radius 2 is 2.06 bits per heavy atom. The number of rotatable bonds is 5. The van der Waals surface area contributed by atoms with Crippen LogP contribution in [0.1, 0.15) is 32.9 Å². The van der Waals surface area contributed by atoms with Gasteiger partial charge in [0.2, 0.25) is 0 Å². The Bertz CT molecular complexity index is 464. The summed E-state index contributed by atoms with van der Waals surface area (Å²) in [6.07, 6.45) is 2.55. The predicted molar refractivity (Wildman–Crippen MR) is 65.0 cm³/mol. The highest BCUT2D eigenvalue weighted by Crippen LogP contribution is 2.23. The molecule has 0 unspecified atom stereocenters. The van der Waals surface area contributed by atoms with Gasteiger partial charge in [0, 0.05) is 24.4 Å². The molecule has 0 aliphatic heterocycles. The summed E-state index contributed by atoms with van der Waals surface area (Å²) in [7, 11) is 1.65. The summed E-state index contributed by atoms with van der Waals surface area (Å²) >= 11 is 0. The Morgan fingerprint density at radius 3 is 2.39 bits per heavy atom. The molecule has 0 saturated heterocycles. The number of halogens is 2. The van der Waals surface area contributed by atoms with E-state index in [0.29, 0.717) is 21.5 Å². The maximum absolute atomic E-state index is 12.5. The van der Waals surface area contributed by atoms with Gasteiger partial charge in [-0.05, 0) is 12.8 Å². The molecule has 0 aromatic carbocycles. The Balaban J connectivity index is 3.29. The van der Waals surface area contributed by atoms with Crippen LogP contribution in [0.5, 0.6) is 0 Å². The SMILES string of the molecule is CN/C(=C(\C(C)=O)C(C)C)c1cnn(C(F)F)c1. The number of nitrogens with one attached hydrogen (secondary N) is 1. The summed E-state index contributed by atoms with van der Waals surface area (Å²) in [6.45, 7) is 2.54. The fourth-order valence-corrected chi connectivity index (χ4v) is 1.88. The van der Waals surface area contributed by atoms with Crippen LogP contribution in [0.3, 0.4) is 0 Å². The van der Waals surface area contributed by atoms with Gasteiger partial charge in [0.25, 0.3) is 0 Å². The minimum absolute atomic E-state index is 0.000139. The number of hydrogen-bond acceptors (Lipinski definition) is 3. The second kappa shape index (κ2) is 5.75. The molecular formula is C12H17F2N3O. The first kappa shape index (κ1) is 14.3. The first-order valence-electron chi connectivity index (χ1n) is 5.64. The summed E-state index contributed by atoms with van der Waals surface area (Å²) < 4.78 is 25.5. The molecule has 0 radical (unpaired) electrons. The van der Waals surface area contributed by atoms with Crippen LogP contribution < -0.4 is 5.32 Å². The minimum Gasteiger partial charge on any atom is -0.387 e. The van der Waals surface area contributed by atoms with Crippen LogP contribution in [0.15, 0.2) is 18.0 Å². The molecule has 0 spiro atoms. The molecule has 1 aromatic heterocycles. The molecule has 1 rings (SSSR count). The van der Waals surface area contributed by atoms with Crippen molar-refractivity contribution in [2.75, 3.05) is 7.05 Å². The van der Waals surface area contributed by atoms with E-state index in [9.17, 15) is 13.6 Å². The lowest BCUT2D eigenvalue weighted by atomic mass is 9.95. The van der Waals surface area contributed by atoms with Gasteiger partial charge in [0.1, 0.15) is 0 Å². The summed E-state index contributed by atoms with van der Waals surface area (Å²) in [6, 6.07) is 0. The lowest BCUT2D eigenvalue weighted by Crippen LogP contribution is -2.15. The van der Waals surface area contributed by atoms with Crippen molar-refractivity contribution in [3.63, 3.8) is 0 Å². The number of carbonyl (C=O) groups excluding carboxylic acids is 1. The zero-order valence-corrected chi connectivity index (χ0v) is 10.9. The van der Waals surface area contributed by atoms with Crippen molar-refractivity contribution in [2.24, 2.45) is 5.92 Å². The smallest absolute Gasteiger partial charge is 0.333 e. The van der Waals surface area contributed by atoms with Crippen LogP contribution in [0.2, 0.25) is 0 Å². The van der Waals surface area contributed by atoms with Crippen LogP contribution in [-0.4, -0.2) is 22.6 Å². The summed E-state index contributed by atoms with van der Waals surface area (Å²) in [4.78, 5) is 11.6. The average Bonchev–Trinajstić information content (AvgIpc) is 2.73. The van der Waals surface area contributed by atoms with Crippen LogP contribution >= 0.6 is 0 Å². The Hall–Kier alpha value is -1.72. The zero-order chi connectivity index (χ0) is 13.9. The number of ketones is 1. The molecule has 0 aliphatic rings. The molecule has 18 heavy (non-hydrogen) atoms. The Morgan fingerprint density at radius 1 is 1.44 bits per heavy atom. The van der Waals surface area contributed by atoms with Gasteiger partial charge in [0.05, 0.1) is 11.9 Å². The van der Waals surface area contributed by atoms with Gasteiger partial charge in [0.15, 0.2) is 5.78 Å². The highest BCUT2D eigenvalue weighted by atomic mass is 19.3. The third-order valence-electron chi connectivity index (χ3n) is 2.57. The van der Waals surface area contributed by atoms with Crippen molar-refractivity contribution >= 4 is 11.5 Å². The van der Waals surface area contributed by atoms with Gasteiger partial charge in [-0.3, -0.25) is 4.79 Å². The van der Waals surface area contributed by atoms with Crippen molar-refractivity contribution in [1.82, 2.24) is 15.1 Å². The number of aromatic nitrogens is 2. The van der Waals surface area contributed by atoms with Crippen molar-refractivity contribution in [3.05, 3.63) is 23.5 Å². The molecule has 6 heteroatoms. The fraction of sp³-hybridized carbons (Fsp3) is 0.500. The van der Waals surface area contributed by atoms with Gasteiger partial charge in [-0.2, -0.15) is 13.9 Å². The van der Waals surface area contributed by atoms with Gasteiger partial charge < -0.3 is 5.32 Å². The monoisotopic (exact) mass is 257 g/mol. The van der Waals surface area contributed by atoms with Crippen molar-refractivity contribution < 1.29 is 13.6 Å². The van der Waals surface area contributed by atoms with Crippen LogP contribution in [0.4, 0.5) is 8.78 Å². The standard InChI is InChI=1S/C12H17F2N3O/c1-7(2)10(8(3)18)11(15-4)9-5-16-17(6-9)12(13)14/h5-7,12,15H,1-4H3/b11-10-. The summed E-state index contributed by atoms with van der Waals surface area (Å²) in [5, 5.41) is 6.46. The van der Waals surface area contributed by atoms with E-state index >= 15 is 0 Å². The van der Waals surface area contributed by atoms with Crippen LogP contribution in [0.25, 0.3) is 5.70 Å². The molecule has 0 saturated carbocycles. The van der Waals surface area contributed by atoms with E-state index in [0.717, 1.165) is 0 Å². The lowest BCUT2D eigenvalue weighted by Gasteiger charge is -2.14. The Labute approximate surface area is 105 Å². The largest absolute Gasteiger partial charge is 0.387 e. The minimum atomic E-state index is -2.68. The van der Waals surface area contributed by atoms with Crippen molar-refractivity contribution in [3.8, 4) is 0 Å². The molecule has 1 aromatic rings. The van der Waals surface area contributed by atoms with E-state index in [4.69, 9.17) is 0 Å². The van der Waals surface area contributed by atoms with E-state index in [2.05, 4.69) is 10.4 Å². The van der Waals surface area contributed by atoms with E-state index in [-0.39, 0.29) is 11.7 Å². The fourth-order valence-electron chi connectivity index (χ4n) is 1.88. The number of allylic oxidation sites excluding steroid dienone is 1. The number of Topliss-reactive ketones (excluding diaryl/α,β-unsaturated/α-hetero) is 1. The molecular weight excluding hydrogens is 240 g/mol. The number of hydrogen-bond donors (Lipinski definition) is 1. The van der Waals surface area contributed by atoms with Gasteiger partial charge in [-0.25, -0.2) is 4.68 Å². The maximum Gasteiger partial charge on any atom is 0.333 e. The first-order valence-corrected chi connectivity index (χ1v) is 5.64. The van der Waals surface area contributed by atoms with Crippen LogP contribution in [-0.2, 0) is 4.79 Å². The number of alkyl halides is 2. The Kier molecular flexibility index (Phi) is 4.58. The highest BCUT2D eigenvalue weighted by Gasteiger charge is 2.18. The molecule has 0 fully saturated rings. The second-order valence-electron chi connectivity index (χ2n) is 4.24. The van der Waals surface area contributed by atoms with Crippen LogP contribution in [0, 0.1) is 5.92 Å². The third kappa shape index (κ3) is 2.94. The van der Waals surface area contributed by atoms with E-state index < -0.39 is 6.55 Å². The van der Waals surface area contributed by atoms with E-state index in [1.165, 1.54) is 19.3 Å². The first-order chi connectivity index (χ1) is 8.38. The lowest BCUT2D eigenvalue weighted by molar-refractivity contribution is -0.114. The zero-order valence-electron chi connectivity index (χ0n) is 10.9. The van der Waals surface area contributed by atoms with Gasteiger partial charge >= 0.3 is 6.55 Å². The van der Waals surface area contributed by atoms with Gasteiger partial charge in [-0.15, -0.1) is 0 Å². The second-order valence-corrected chi connectivity index (χ2v) is 4.24. The molecule has 0 atom stereocenters. The summed E-state index contributed by atoms with van der Waals surface area (Å²) in [5.41, 5.74) is 1.60. The molecule has 100 valence electrons. The third-order valence-corrected chi connectivity index (χ3v) is 2.57. The van der Waals surface area contributed by atoms with E-state index in [1.807, 2.05) is 13.8 Å². The highest BCUT2D eigenvalue weighted by molar-refractivity contribution is 6.01. The molecule has 1 N–H and O–H groups in total. The van der Waals surface area contributed by atoms with E-state index in [1.54, 1.807) is 7.05 Å². The molecule has 1 heterocycles. The number of carbonyl (C=O) groups is 1. The molecule has 0 amide bonds. The molecule has 0 bridgehead atoms. The maximum atomic E-state index is 12.5. The topological polar surface area (TPSA) is 46.9 Å². The normalized spacial score (nSPS) is 12.9. The molecule has 0 aliphatic carbocycles. The van der Waals surface area contributed by atoms with Crippen molar-refractivity contribution in [1.29, 1.82) is 0 Å².